The van der Waals surface area contributed by atoms with Gasteiger partial charge in [0, 0.05) is 29.8 Å². The summed E-state index contributed by atoms with van der Waals surface area (Å²) in [6.45, 7) is 0.546. The monoisotopic (exact) mass is 310 g/mol. The molecule has 1 fully saturated rings. The molecule has 0 saturated carbocycles. The molecular weight excluding hydrogens is 292 g/mol. The van der Waals surface area contributed by atoms with Crippen LogP contribution in [0.25, 0.3) is 0 Å². The second kappa shape index (κ2) is 6.82. The van der Waals surface area contributed by atoms with Crippen molar-refractivity contribution in [3.05, 3.63) is 21.9 Å². The molecule has 1 saturated heterocycles. The van der Waals surface area contributed by atoms with Crippen molar-refractivity contribution >= 4 is 29.1 Å². The normalized spacial score (nSPS) is 19.0. The molecule has 2 amide bonds. The molecule has 0 radical (unpaired) electrons. The molecule has 1 atom stereocenters. The summed E-state index contributed by atoms with van der Waals surface area (Å²) in [5.41, 5.74) is 0. The Hall–Kier alpha value is -1.73. The summed E-state index contributed by atoms with van der Waals surface area (Å²) >= 11 is 1.51. The highest BCUT2D eigenvalue weighted by Crippen LogP contribution is 2.18. The quantitative estimate of drug-likeness (QED) is 0.640. The van der Waals surface area contributed by atoms with Gasteiger partial charge in [-0.1, -0.05) is 0 Å². The second-order valence-electron chi connectivity index (χ2n) is 4.88. The SMILES string of the molecule is COC(=O)Cc1ccc(CNC2CCC(=O)N(C)C2=O)s1. The van der Waals surface area contributed by atoms with E-state index in [1.807, 2.05) is 12.1 Å². The maximum atomic E-state index is 11.9. The lowest BCUT2D eigenvalue weighted by Crippen LogP contribution is -2.51. The third-order valence-corrected chi connectivity index (χ3v) is 4.52. The maximum Gasteiger partial charge on any atom is 0.310 e. The summed E-state index contributed by atoms with van der Waals surface area (Å²) in [6, 6.07) is 3.49. The highest BCUT2D eigenvalue weighted by Gasteiger charge is 2.31. The van der Waals surface area contributed by atoms with Gasteiger partial charge in [-0.15, -0.1) is 11.3 Å². The number of carbonyl (C=O) groups excluding carboxylic acids is 3. The van der Waals surface area contributed by atoms with E-state index in [9.17, 15) is 14.4 Å². The molecule has 1 unspecified atom stereocenters. The summed E-state index contributed by atoms with van der Waals surface area (Å²) in [5.74, 6) is -0.578. The van der Waals surface area contributed by atoms with Crippen LogP contribution in [0, 0.1) is 0 Å². The van der Waals surface area contributed by atoms with Gasteiger partial charge < -0.3 is 10.1 Å². The van der Waals surface area contributed by atoms with Crippen LogP contribution in [0.3, 0.4) is 0 Å². The van der Waals surface area contributed by atoms with Crippen molar-refractivity contribution in [2.24, 2.45) is 0 Å². The van der Waals surface area contributed by atoms with Gasteiger partial charge in [-0.3, -0.25) is 19.3 Å². The Bertz CT molecular complexity index is 555. The highest BCUT2D eigenvalue weighted by atomic mass is 32.1. The molecule has 0 aliphatic carbocycles. The first-order chi connectivity index (χ1) is 10.0. The minimum Gasteiger partial charge on any atom is -0.469 e. The van der Waals surface area contributed by atoms with Crippen molar-refractivity contribution in [3.8, 4) is 0 Å². The van der Waals surface area contributed by atoms with Crippen molar-refractivity contribution in [2.75, 3.05) is 14.2 Å². The van der Waals surface area contributed by atoms with Crippen LogP contribution in [0.4, 0.5) is 0 Å². The van der Waals surface area contributed by atoms with Crippen LogP contribution in [0.2, 0.25) is 0 Å². The maximum absolute atomic E-state index is 11.9. The summed E-state index contributed by atoms with van der Waals surface area (Å²) < 4.78 is 4.62. The number of imide groups is 1. The smallest absolute Gasteiger partial charge is 0.310 e. The Morgan fingerprint density at radius 3 is 2.86 bits per heavy atom. The number of thiophene rings is 1. The van der Waals surface area contributed by atoms with Gasteiger partial charge in [0.15, 0.2) is 0 Å². The number of amides is 2. The standard InChI is InChI=1S/C14H18N2O4S/c1-16-12(17)6-5-11(14(16)19)15-8-10-4-3-9(21-10)7-13(18)20-2/h3-4,11,15H,5-8H2,1-2H3. The Morgan fingerprint density at radius 1 is 1.43 bits per heavy atom. The first-order valence-electron chi connectivity index (χ1n) is 6.69. The molecular formula is C14H18N2O4S. The molecule has 0 bridgehead atoms. The fourth-order valence-corrected chi connectivity index (χ4v) is 3.11. The van der Waals surface area contributed by atoms with Gasteiger partial charge in [0.05, 0.1) is 19.6 Å². The largest absolute Gasteiger partial charge is 0.469 e. The van der Waals surface area contributed by atoms with Crippen LogP contribution in [-0.4, -0.2) is 42.9 Å². The summed E-state index contributed by atoms with van der Waals surface area (Å²) in [5, 5.41) is 3.17. The van der Waals surface area contributed by atoms with Crippen molar-refractivity contribution in [1.29, 1.82) is 0 Å². The molecule has 114 valence electrons. The van der Waals surface area contributed by atoms with Gasteiger partial charge in [-0.25, -0.2) is 0 Å². The predicted molar refractivity (Wildman–Crippen MR) is 77.7 cm³/mol. The van der Waals surface area contributed by atoms with Crippen LogP contribution in [0.1, 0.15) is 22.6 Å². The molecule has 6 nitrogen and oxygen atoms in total. The zero-order chi connectivity index (χ0) is 15.4. The third-order valence-electron chi connectivity index (χ3n) is 3.44. The Balaban J connectivity index is 1.87. The number of hydrogen-bond donors (Lipinski definition) is 1. The van der Waals surface area contributed by atoms with Gasteiger partial charge in [0.2, 0.25) is 11.8 Å². The predicted octanol–water partition coefficient (Wildman–Crippen LogP) is 0.701. The fourth-order valence-electron chi connectivity index (χ4n) is 2.16. The van der Waals surface area contributed by atoms with Crippen LogP contribution in [0.5, 0.6) is 0 Å². The van der Waals surface area contributed by atoms with E-state index in [0.29, 0.717) is 19.4 Å². The van der Waals surface area contributed by atoms with Crippen LogP contribution in [0.15, 0.2) is 12.1 Å². The lowest BCUT2D eigenvalue weighted by molar-refractivity contribution is -0.148. The summed E-state index contributed by atoms with van der Waals surface area (Å²) in [7, 11) is 2.88. The number of rotatable bonds is 5. The lowest BCUT2D eigenvalue weighted by atomic mass is 10.0. The number of nitrogens with zero attached hydrogens (tertiary/aromatic N) is 1. The molecule has 1 aromatic rings. The van der Waals surface area contributed by atoms with E-state index in [4.69, 9.17) is 0 Å². The molecule has 2 heterocycles. The number of esters is 1. The minimum absolute atomic E-state index is 0.130. The second-order valence-corrected chi connectivity index (χ2v) is 6.14. The van der Waals surface area contributed by atoms with Gasteiger partial charge in [-0.05, 0) is 18.6 Å². The number of methoxy groups -OCH3 is 1. The summed E-state index contributed by atoms with van der Waals surface area (Å²) in [6.07, 6.45) is 1.18. The molecule has 1 aliphatic rings. The number of ether oxygens (including phenoxy) is 1. The first kappa shape index (κ1) is 15.7. The van der Waals surface area contributed by atoms with Crippen LogP contribution >= 0.6 is 11.3 Å². The van der Waals surface area contributed by atoms with E-state index < -0.39 is 0 Å². The summed E-state index contributed by atoms with van der Waals surface area (Å²) in [4.78, 5) is 37.7. The molecule has 1 N–H and O–H groups in total. The highest BCUT2D eigenvalue weighted by molar-refractivity contribution is 7.12. The Kier molecular flexibility index (Phi) is 5.08. The van der Waals surface area contributed by atoms with E-state index in [0.717, 1.165) is 9.75 Å². The third kappa shape index (κ3) is 3.89. The number of nitrogens with one attached hydrogen (secondary N) is 1. The van der Waals surface area contributed by atoms with E-state index in [1.54, 1.807) is 0 Å². The van der Waals surface area contributed by atoms with Gasteiger partial charge >= 0.3 is 5.97 Å². The molecule has 7 heteroatoms. The zero-order valence-corrected chi connectivity index (χ0v) is 12.9. The topological polar surface area (TPSA) is 75.7 Å². The van der Waals surface area contributed by atoms with Crippen molar-refractivity contribution in [2.45, 2.75) is 31.8 Å². The Morgan fingerprint density at radius 2 is 2.14 bits per heavy atom. The van der Waals surface area contributed by atoms with Crippen molar-refractivity contribution < 1.29 is 19.1 Å². The van der Waals surface area contributed by atoms with E-state index in [2.05, 4.69) is 10.1 Å². The number of hydrogen-bond acceptors (Lipinski definition) is 6. The number of likely N-dealkylation sites (N-methyl/N-ethyl adjacent to an activating group) is 1. The minimum atomic E-state index is -0.321. The lowest BCUT2D eigenvalue weighted by Gasteiger charge is -2.28. The number of piperidine rings is 1. The molecule has 21 heavy (non-hydrogen) atoms. The van der Waals surface area contributed by atoms with E-state index >= 15 is 0 Å². The van der Waals surface area contributed by atoms with Crippen molar-refractivity contribution in [3.63, 3.8) is 0 Å². The molecule has 1 aliphatic heterocycles. The fraction of sp³-hybridized carbons (Fsp3) is 0.500. The molecule has 1 aromatic heterocycles. The average molecular weight is 310 g/mol. The van der Waals surface area contributed by atoms with Crippen LogP contribution < -0.4 is 5.32 Å². The van der Waals surface area contributed by atoms with Crippen molar-refractivity contribution in [1.82, 2.24) is 10.2 Å². The molecule has 0 aromatic carbocycles. The zero-order valence-electron chi connectivity index (χ0n) is 12.0. The number of carbonyl (C=O) groups is 3. The van der Waals surface area contributed by atoms with E-state index in [-0.39, 0.29) is 30.2 Å². The van der Waals surface area contributed by atoms with Gasteiger partial charge in [-0.2, -0.15) is 0 Å². The average Bonchev–Trinajstić information content (AvgIpc) is 2.91. The van der Waals surface area contributed by atoms with E-state index in [1.165, 1.54) is 30.4 Å². The number of likely N-dealkylation sites (tertiary alicyclic amines) is 1. The molecule has 0 spiro atoms. The Labute approximate surface area is 127 Å². The van der Waals surface area contributed by atoms with Gasteiger partial charge in [0.1, 0.15) is 0 Å². The molecule has 2 rings (SSSR count). The van der Waals surface area contributed by atoms with Gasteiger partial charge in [0.25, 0.3) is 0 Å². The van der Waals surface area contributed by atoms with Crippen LogP contribution in [-0.2, 0) is 32.1 Å². The first-order valence-corrected chi connectivity index (χ1v) is 7.51.